The van der Waals surface area contributed by atoms with Crippen LogP contribution in [0.1, 0.15) is 56.6 Å². The van der Waals surface area contributed by atoms with Crippen LogP contribution in [0.5, 0.6) is 5.75 Å². The summed E-state index contributed by atoms with van der Waals surface area (Å²) < 4.78 is 5.78. The molecule has 0 aliphatic heterocycles. The molecule has 1 aromatic carbocycles. The Bertz CT molecular complexity index is 457. The van der Waals surface area contributed by atoms with E-state index in [1.54, 1.807) is 0 Å². The largest absolute Gasteiger partial charge is 0.493 e. The number of hydrogen-bond acceptors (Lipinski definition) is 2. The fourth-order valence-corrected chi connectivity index (χ4v) is 2.43. The molecule has 0 aromatic heterocycles. The highest BCUT2D eigenvalue weighted by Crippen LogP contribution is 2.36. The van der Waals surface area contributed by atoms with Crippen molar-refractivity contribution in [1.29, 1.82) is 0 Å². The van der Waals surface area contributed by atoms with E-state index in [9.17, 15) is 4.79 Å². The maximum absolute atomic E-state index is 11.1. The summed E-state index contributed by atoms with van der Waals surface area (Å²) in [5, 5.41) is 9.75. The van der Waals surface area contributed by atoms with Gasteiger partial charge in [-0.2, -0.15) is 0 Å². The van der Waals surface area contributed by atoms with Crippen LogP contribution in [0, 0.1) is 6.92 Å². The molecule has 0 radical (unpaired) electrons. The van der Waals surface area contributed by atoms with Gasteiger partial charge in [-0.25, -0.2) is 0 Å². The zero-order valence-electron chi connectivity index (χ0n) is 12.4. The van der Waals surface area contributed by atoms with Gasteiger partial charge in [-0.05, 0) is 48.9 Å². The molecule has 20 heavy (non-hydrogen) atoms. The number of ether oxygens (including phenoxy) is 1. The van der Waals surface area contributed by atoms with Crippen LogP contribution in [-0.4, -0.2) is 17.7 Å². The maximum Gasteiger partial charge on any atom is 0.303 e. The highest BCUT2D eigenvalue weighted by molar-refractivity contribution is 6.31. The second kappa shape index (κ2) is 8.15. The zero-order valence-corrected chi connectivity index (χ0v) is 13.2. The number of aliphatic carboxylic acids is 1. The first-order valence-electron chi connectivity index (χ1n) is 7.14. The third-order valence-corrected chi connectivity index (χ3v) is 3.66. The Morgan fingerprint density at radius 1 is 1.35 bits per heavy atom. The molecule has 0 amide bonds. The van der Waals surface area contributed by atoms with E-state index in [0.29, 0.717) is 11.6 Å². The van der Waals surface area contributed by atoms with Crippen molar-refractivity contribution in [2.45, 2.75) is 52.4 Å². The lowest BCUT2D eigenvalue weighted by atomic mass is 9.90. The van der Waals surface area contributed by atoms with Gasteiger partial charge >= 0.3 is 5.97 Å². The molecular weight excluding hydrogens is 276 g/mol. The van der Waals surface area contributed by atoms with Gasteiger partial charge in [0.15, 0.2) is 0 Å². The Morgan fingerprint density at radius 2 is 2.05 bits per heavy atom. The molecule has 0 aliphatic carbocycles. The summed E-state index contributed by atoms with van der Waals surface area (Å²) in [7, 11) is 0. The molecule has 1 atom stereocenters. The summed E-state index contributed by atoms with van der Waals surface area (Å²) >= 11 is 6.20. The third kappa shape index (κ3) is 4.71. The van der Waals surface area contributed by atoms with Gasteiger partial charge in [0.2, 0.25) is 0 Å². The lowest BCUT2D eigenvalue weighted by Crippen LogP contribution is -2.09. The minimum absolute atomic E-state index is 0.0533. The molecule has 0 bridgehead atoms. The molecule has 0 aliphatic rings. The third-order valence-electron chi connectivity index (χ3n) is 3.25. The Balaban J connectivity index is 3.15. The number of benzene rings is 1. The Hall–Kier alpha value is -1.22. The molecule has 0 saturated carbocycles. The molecular formula is C16H23ClO3. The van der Waals surface area contributed by atoms with Crippen LogP contribution in [0.2, 0.25) is 5.02 Å². The van der Waals surface area contributed by atoms with Gasteiger partial charge in [0.25, 0.3) is 0 Å². The molecule has 1 rings (SSSR count). The average Bonchev–Trinajstić information content (AvgIpc) is 2.38. The number of halogens is 1. The predicted octanol–water partition coefficient (Wildman–Crippen LogP) is 4.80. The van der Waals surface area contributed by atoms with E-state index in [-0.39, 0.29) is 12.3 Å². The summed E-state index contributed by atoms with van der Waals surface area (Å²) in [5.41, 5.74) is 1.87. The summed E-state index contributed by atoms with van der Waals surface area (Å²) in [6, 6.07) is 3.78. The van der Waals surface area contributed by atoms with Crippen molar-refractivity contribution in [3.05, 3.63) is 28.3 Å². The van der Waals surface area contributed by atoms with E-state index < -0.39 is 5.97 Å². The van der Waals surface area contributed by atoms with Crippen LogP contribution in [0.25, 0.3) is 0 Å². The molecule has 0 heterocycles. The van der Waals surface area contributed by atoms with Crippen LogP contribution in [0.15, 0.2) is 12.1 Å². The minimum atomic E-state index is -0.790. The molecule has 1 aromatic rings. The zero-order chi connectivity index (χ0) is 15.1. The van der Waals surface area contributed by atoms with Gasteiger partial charge in [0, 0.05) is 5.02 Å². The predicted molar refractivity (Wildman–Crippen MR) is 81.9 cm³/mol. The number of carbonyl (C=O) groups is 1. The minimum Gasteiger partial charge on any atom is -0.493 e. The average molecular weight is 299 g/mol. The van der Waals surface area contributed by atoms with Gasteiger partial charge in [-0.3, -0.25) is 4.79 Å². The maximum atomic E-state index is 11.1. The smallest absolute Gasteiger partial charge is 0.303 e. The van der Waals surface area contributed by atoms with Crippen LogP contribution in [0.4, 0.5) is 0 Å². The van der Waals surface area contributed by atoms with Gasteiger partial charge in [0.05, 0.1) is 13.0 Å². The first-order chi connectivity index (χ1) is 9.49. The highest BCUT2D eigenvalue weighted by atomic mass is 35.5. The van der Waals surface area contributed by atoms with Crippen molar-refractivity contribution in [1.82, 2.24) is 0 Å². The number of rotatable bonds is 8. The molecule has 112 valence electrons. The van der Waals surface area contributed by atoms with Crippen LogP contribution in [0.3, 0.4) is 0 Å². The van der Waals surface area contributed by atoms with E-state index in [1.165, 1.54) is 0 Å². The van der Waals surface area contributed by atoms with E-state index >= 15 is 0 Å². The van der Waals surface area contributed by atoms with Gasteiger partial charge in [-0.15, -0.1) is 0 Å². The van der Waals surface area contributed by atoms with Gasteiger partial charge in [0.1, 0.15) is 5.75 Å². The monoisotopic (exact) mass is 298 g/mol. The SMILES string of the molecule is CCCOc1cc(C)c(Cl)cc1C(CCC)CC(=O)O. The fourth-order valence-electron chi connectivity index (χ4n) is 2.25. The number of hydrogen-bond donors (Lipinski definition) is 1. The van der Waals surface area contributed by atoms with Crippen molar-refractivity contribution in [3.8, 4) is 5.75 Å². The molecule has 1 unspecified atom stereocenters. The Labute approximate surface area is 125 Å². The van der Waals surface area contributed by atoms with Crippen LogP contribution in [-0.2, 0) is 4.79 Å². The van der Waals surface area contributed by atoms with Crippen molar-refractivity contribution >= 4 is 17.6 Å². The summed E-state index contributed by atoms with van der Waals surface area (Å²) in [6.07, 6.45) is 2.76. The summed E-state index contributed by atoms with van der Waals surface area (Å²) in [5.74, 6) is -0.0718. The Morgan fingerprint density at radius 3 is 2.60 bits per heavy atom. The highest BCUT2D eigenvalue weighted by Gasteiger charge is 2.20. The van der Waals surface area contributed by atoms with E-state index in [0.717, 1.165) is 36.1 Å². The number of carboxylic acid groups (broad SMARTS) is 1. The molecule has 0 spiro atoms. The molecule has 0 fully saturated rings. The molecule has 4 heteroatoms. The van der Waals surface area contributed by atoms with Crippen molar-refractivity contribution < 1.29 is 14.6 Å². The van der Waals surface area contributed by atoms with Crippen LogP contribution >= 0.6 is 11.6 Å². The van der Waals surface area contributed by atoms with Gasteiger partial charge in [-0.1, -0.05) is 31.9 Å². The van der Waals surface area contributed by atoms with E-state index in [1.807, 2.05) is 26.0 Å². The molecule has 0 saturated heterocycles. The topological polar surface area (TPSA) is 46.5 Å². The lowest BCUT2D eigenvalue weighted by molar-refractivity contribution is -0.137. The number of aryl methyl sites for hydroxylation is 1. The summed E-state index contributed by atoms with van der Waals surface area (Å²) in [6.45, 7) is 6.65. The van der Waals surface area contributed by atoms with Crippen molar-refractivity contribution in [2.75, 3.05) is 6.61 Å². The second-order valence-corrected chi connectivity index (χ2v) is 5.48. The summed E-state index contributed by atoms with van der Waals surface area (Å²) in [4.78, 5) is 11.1. The molecule has 1 N–H and O–H groups in total. The second-order valence-electron chi connectivity index (χ2n) is 5.07. The number of carboxylic acids is 1. The molecule has 3 nitrogen and oxygen atoms in total. The first-order valence-corrected chi connectivity index (χ1v) is 7.52. The quantitative estimate of drug-likeness (QED) is 0.750. The Kier molecular flexibility index (Phi) is 6.86. The van der Waals surface area contributed by atoms with Gasteiger partial charge < -0.3 is 9.84 Å². The standard InChI is InChI=1S/C16H23ClO3/c1-4-6-12(9-16(18)19)13-10-14(17)11(3)8-15(13)20-7-5-2/h8,10,12H,4-7,9H2,1-3H3,(H,18,19). The van der Waals surface area contributed by atoms with Crippen molar-refractivity contribution in [2.24, 2.45) is 0 Å². The normalized spacial score (nSPS) is 12.2. The van der Waals surface area contributed by atoms with Crippen molar-refractivity contribution in [3.63, 3.8) is 0 Å². The van der Waals surface area contributed by atoms with E-state index in [4.69, 9.17) is 21.4 Å². The lowest BCUT2D eigenvalue weighted by Gasteiger charge is -2.20. The van der Waals surface area contributed by atoms with E-state index in [2.05, 4.69) is 6.92 Å². The van der Waals surface area contributed by atoms with Crippen LogP contribution < -0.4 is 4.74 Å². The first kappa shape index (κ1) is 16.8. The fraction of sp³-hybridized carbons (Fsp3) is 0.562.